The van der Waals surface area contributed by atoms with Gasteiger partial charge in [0.25, 0.3) is 0 Å². The summed E-state index contributed by atoms with van der Waals surface area (Å²) in [4.78, 5) is 0. The lowest BCUT2D eigenvalue weighted by molar-refractivity contribution is 1.08. The smallest absolute Gasteiger partial charge is 0.128 e. The highest BCUT2D eigenvalue weighted by atomic mass is 14.9. The summed E-state index contributed by atoms with van der Waals surface area (Å²) in [5, 5.41) is 8.97. The van der Waals surface area contributed by atoms with E-state index in [2.05, 4.69) is 19.1 Å². The molecule has 13 heavy (non-hydrogen) atoms. The topological polar surface area (TPSA) is 28.2 Å². The Balaban J connectivity index is 2.83. The normalized spacial score (nSPS) is 10.2. The van der Waals surface area contributed by atoms with Crippen molar-refractivity contribution in [3.63, 3.8) is 0 Å². The van der Waals surface area contributed by atoms with E-state index >= 15 is 0 Å². The molecule has 2 rings (SSSR count). The molecule has 0 radical (unpaired) electrons. The molecule has 2 aromatic rings. The number of nitrogens with zero attached hydrogens (tertiary/aromatic N) is 2. The number of aryl methyl sites for hydroxylation is 1. The third kappa shape index (κ3) is 1.09. The molecule has 0 N–H and O–H groups in total. The van der Waals surface area contributed by atoms with Gasteiger partial charge in [-0.3, -0.25) is 0 Å². The monoisotopic (exact) mass is 170 g/mol. The maximum Gasteiger partial charge on any atom is 0.128 e. The number of rotatable bonds is 1. The molecule has 0 bridgehead atoms. The predicted molar refractivity (Wildman–Crippen MR) is 51.5 cm³/mol. The van der Waals surface area contributed by atoms with Crippen LogP contribution in [-0.2, 0) is 6.42 Å². The summed E-state index contributed by atoms with van der Waals surface area (Å²) in [6.07, 6.45) is 2.83. The second-order valence-corrected chi connectivity index (χ2v) is 2.98. The van der Waals surface area contributed by atoms with Gasteiger partial charge >= 0.3 is 0 Å². The molecule has 0 atom stereocenters. The average Bonchev–Trinajstić information content (AvgIpc) is 2.55. The van der Waals surface area contributed by atoms with Gasteiger partial charge in [-0.25, -0.2) is 0 Å². The van der Waals surface area contributed by atoms with Gasteiger partial charge in [-0.2, -0.15) is 5.26 Å². The second kappa shape index (κ2) is 2.95. The molecule has 2 aromatic heterocycles. The van der Waals surface area contributed by atoms with Gasteiger partial charge in [0.15, 0.2) is 0 Å². The highest BCUT2D eigenvalue weighted by Gasteiger charge is 2.06. The van der Waals surface area contributed by atoms with Gasteiger partial charge in [-0.15, -0.1) is 0 Å². The Morgan fingerprint density at radius 1 is 1.46 bits per heavy atom. The molecular weight excluding hydrogens is 160 g/mol. The zero-order valence-electron chi connectivity index (χ0n) is 7.49. The van der Waals surface area contributed by atoms with Crippen LogP contribution in [-0.4, -0.2) is 4.40 Å². The fourth-order valence-corrected chi connectivity index (χ4v) is 1.57. The molecular formula is C11H10N2. The molecule has 0 saturated carbocycles. The first-order valence-corrected chi connectivity index (χ1v) is 4.36. The molecule has 0 aliphatic heterocycles. The van der Waals surface area contributed by atoms with Crippen LogP contribution in [0.3, 0.4) is 0 Å². The average molecular weight is 170 g/mol. The first-order chi connectivity index (χ1) is 6.36. The number of nitriles is 1. The van der Waals surface area contributed by atoms with E-state index in [0.717, 1.165) is 23.2 Å². The molecule has 2 heteroatoms. The Kier molecular flexibility index (Phi) is 1.79. The third-order valence-electron chi connectivity index (χ3n) is 2.25. The standard InChI is InChI=1S/C11H10N2/c1-2-9-7-10-5-3-4-6-13(10)11(9)8-12/h3-7H,2H2,1H3. The van der Waals surface area contributed by atoms with Crippen LogP contribution < -0.4 is 0 Å². The van der Waals surface area contributed by atoms with Gasteiger partial charge in [-0.05, 0) is 30.2 Å². The summed E-state index contributed by atoms with van der Waals surface area (Å²) in [5.74, 6) is 0. The molecule has 0 spiro atoms. The molecule has 64 valence electrons. The Bertz CT molecular complexity index is 474. The first kappa shape index (κ1) is 7.88. The maximum absolute atomic E-state index is 8.97. The quantitative estimate of drug-likeness (QED) is 0.645. The van der Waals surface area contributed by atoms with Crippen LogP contribution in [0.1, 0.15) is 18.2 Å². The van der Waals surface area contributed by atoms with Gasteiger partial charge < -0.3 is 4.40 Å². The van der Waals surface area contributed by atoms with E-state index in [1.807, 2.05) is 28.8 Å². The SMILES string of the molecule is CCc1cc2ccccn2c1C#N. The van der Waals surface area contributed by atoms with Crippen LogP contribution >= 0.6 is 0 Å². The Morgan fingerprint density at radius 3 is 3.00 bits per heavy atom. The lowest BCUT2D eigenvalue weighted by Crippen LogP contribution is -1.88. The molecule has 0 aliphatic carbocycles. The van der Waals surface area contributed by atoms with E-state index in [4.69, 9.17) is 5.26 Å². The minimum Gasteiger partial charge on any atom is -0.308 e. The van der Waals surface area contributed by atoms with Gasteiger partial charge in [-0.1, -0.05) is 13.0 Å². The Hall–Kier alpha value is -1.75. The lowest BCUT2D eigenvalue weighted by atomic mass is 10.2. The van der Waals surface area contributed by atoms with Crippen molar-refractivity contribution < 1.29 is 0 Å². The summed E-state index contributed by atoms with van der Waals surface area (Å²) in [6, 6.07) is 10.2. The third-order valence-corrected chi connectivity index (χ3v) is 2.25. The molecule has 2 nitrogen and oxygen atoms in total. The van der Waals surface area contributed by atoms with Crippen molar-refractivity contribution >= 4 is 5.52 Å². The van der Waals surface area contributed by atoms with Gasteiger partial charge in [0.2, 0.25) is 0 Å². The van der Waals surface area contributed by atoms with E-state index in [1.54, 1.807) is 0 Å². The number of aromatic nitrogens is 1. The van der Waals surface area contributed by atoms with Crippen LogP contribution in [0.4, 0.5) is 0 Å². The second-order valence-electron chi connectivity index (χ2n) is 2.98. The van der Waals surface area contributed by atoms with E-state index in [0.29, 0.717) is 0 Å². The van der Waals surface area contributed by atoms with E-state index in [9.17, 15) is 0 Å². The Morgan fingerprint density at radius 2 is 2.31 bits per heavy atom. The number of fused-ring (bicyclic) bond motifs is 1. The summed E-state index contributed by atoms with van der Waals surface area (Å²) in [6.45, 7) is 2.07. The van der Waals surface area contributed by atoms with Crippen LogP contribution in [0.5, 0.6) is 0 Å². The largest absolute Gasteiger partial charge is 0.308 e. The van der Waals surface area contributed by atoms with Crippen molar-refractivity contribution in [1.29, 1.82) is 5.26 Å². The van der Waals surface area contributed by atoms with Gasteiger partial charge in [0.05, 0.1) is 0 Å². The molecule has 0 amide bonds. The molecule has 0 saturated heterocycles. The van der Waals surface area contributed by atoms with Crippen molar-refractivity contribution in [2.45, 2.75) is 13.3 Å². The van der Waals surface area contributed by atoms with E-state index in [-0.39, 0.29) is 0 Å². The summed E-state index contributed by atoms with van der Waals surface area (Å²) < 4.78 is 1.93. The lowest BCUT2D eigenvalue weighted by Gasteiger charge is -1.94. The minimum absolute atomic E-state index is 0.762. The number of hydrogen-bond acceptors (Lipinski definition) is 1. The van der Waals surface area contributed by atoms with Gasteiger partial charge in [0, 0.05) is 11.7 Å². The van der Waals surface area contributed by atoms with Crippen LogP contribution in [0.25, 0.3) is 5.52 Å². The molecule has 0 aromatic carbocycles. The number of hydrogen-bond donors (Lipinski definition) is 0. The van der Waals surface area contributed by atoms with E-state index < -0.39 is 0 Å². The minimum atomic E-state index is 0.762. The van der Waals surface area contributed by atoms with Crippen molar-refractivity contribution in [2.75, 3.05) is 0 Å². The Labute approximate surface area is 77.0 Å². The van der Waals surface area contributed by atoms with Gasteiger partial charge in [0.1, 0.15) is 11.8 Å². The first-order valence-electron chi connectivity index (χ1n) is 4.36. The molecule has 0 aliphatic rings. The van der Waals surface area contributed by atoms with Crippen molar-refractivity contribution in [3.8, 4) is 6.07 Å². The fraction of sp³-hybridized carbons (Fsp3) is 0.182. The summed E-state index contributed by atoms with van der Waals surface area (Å²) in [7, 11) is 0. The highest BCUT2D eigenvalue weighted by Crippen LogP contribution is 2.15. The summed E-state index contributed by atoms with van der Waals surface area (Å²) in [5.41, 5.74) is 2.97. The van der Waals surface area contributed by atoms with Crippen LogP contribution in [0.2, 0.25) is 0 Å². The summed E-state index contributed by atoms with van der Waals surface area (Å²) >= 11 is 0. The number of pyridine rings is 1. The highest BCUT2D eigenvalue weighted by molar-refractivity contribution is 5.56. The molecule has 0 fully saturated rings. The van der Waals surface area contributed by atoms with Crippen LogP contribution in [0.15, 0.2) is 30.5 Å². The van der Waals surface area contributed by atoms with E-state index in [1.165, 1.54) is 0 Å². The molecule has 0 unspecified atom stereocenters. The molecule has 2 heterocycles. The predicted octanol–water partition coefficient (Wildman–Crippen LogP) is 2.37. The fourth-order valence-electron chi connectivity index (χ4n) is 1.57. The zero-order chi connectivity index (χ0) is 9.26. The van der Waals surface area contributed by atoms with Crippen molar-refractivity contribution in [2.24, 2.45) is 0 Å². The maximum atomic E-state index is 8.97. The van der Waals surface area contributed by atoms with Crippen molar-refractivity contribution in [3.05, 3.63) is 41.7 Å². The van der Waals surface area contributed by atoms with Crippen molar-refractivity contribution in [1.82, 2.24) is 4.40 Å². The van der Waals surface area contributed by atoms with Crippen LogP contribution in [0, 0.1) is 11.3 Å². The zero-order valence-corrected chi connectivity index (χ0v) is 7.49.